The summed E-state index contributed by atoms with van der Waals surface area (Å²) in [7, 11) is 0. The number of aromatic nitrogens is 5. The zero-order valence-electron chi connectivity index (χ0n) is 35.6. The van der Waals surface area contributed by atoms with Crippen molar-refractivity contribution in [2.75, 3.05) is 0 Å². The van der Waals surface area contributed by atoms with Gasteiger partial charge < -0.3 is 9.13 Å². The van der Waals surface area contributed by atoms with Crippen molar-refractivity contribution in [3.8, 4) is 45.5 Å². The highest BCUT2D eigenvalue weighted by molar-refractivity contribution is 6.25. The second kappa shape index (κ2) is 14.3. The molecule has 3 aromatic heterocycles. The molecule has 14 rings (SSSR count). The Balaban J connectivity index is 1.06. The van der Waals surface area contributed by atoms with Crippen LogP contribution in [0.3, 0.4) is 0 Å². The van der Waals surface area contributed by atoms with E-state index >= 15 is 0 Å². The summed E-state index contributed by atoms with van der Waals surface area (Å²) in [4.78, 5) is 15.8. The lowest BCUT2D eigenvalue weighted by atomic mass is 10.0. The number of hydrogen-bond acceptors (Lipinski definition) is 3. The van der Waals surface area contributed by atoms with Crippen molar-refractivity contribution in [1.29, 1.82) is 0 Å². The molecule has 3 heterocycles. The van der Waals surface area contributed by atoms with Gasteiger partial charge in [0, 0.05) is 49.3 Å². The van der Waals surface area contributed by atoms with E-state index in [4.69, 9.17) is 15.0 Å². The van der Waals surface area contributed by atoms with Gasteiger partial charge in [-0.3, -0.25) is 0 Å². The van der Waals surface area contributed by atoms with Gasteiger partial charge in [-0.2, -0.15) is 0 Å². The third-order valence-electron chi connectivity index (χ3n) is 13.5. The lowest BCUT2D eigenvalue weighted by molar-refractivity contribution is 1.07. The van der Waals surface area contributed by atoms with Gasteiger partial charge in [-0.15, -0.1) is 0 Å². The van der Waals surface area contributed by atoms with Crippen LogP contribution in [-0.4, -0.2) is 24.1 Å². The van der Waals surface area contributed by atoms with Gasteiger partial charge in [0.1, 0.15) is 0 Å². The summed E-state index contributed by atoms with van der Waals surface area (Å²) in [5, 5.41) is 14.2. The van der Waals surface area contributed by atoms with Crippen molar-refractivity contribution < 1.29 is 0 Å². The number of rotatable bonds is 5. The summed E-state index contributed by atoms with van der Waals surface area (Å²) in [6.07, 6.45) is 0. The minimum absolute atomic E-state index is 0.613. The van der Waals surface area contributed by atoms with Crippen molar-refractivity contribution in [3.05, 3.63) is 224 Å². The van der Waals surface area contributed by atoms with Crippen molar-refractivity contribution >= 4 is 86.7 Å². The smallest absolute Gasteiger partial charge is 0.164 e. The predicted octanol–water partition coefficient (Wildman–Crippen LogP) is 15.7. The highest BCUT2D eigenvalue weighted by Gasteiger charge is 2.22. The second-order valence-electron chi connectivity index (χ2n) is 17.2. The van der Waals surface area contributed by atoms with Gasteiger partial charge in [0.25, 0.3) is 0 Å². The molecule has 66 heavy (non-hydrogen) atoms. The first-order chi connectivity index (χ1) is 32.7. The Morgan fingerprint density at radius 2 is 0.773 bits per heavy atom. The lowest BCUT2D eigenvalue weighted by Gasteiger charge is -2.15. The molecule has 0 aliphatic carbocycles. The normalized spacial score (nSPS) is 11.9. The molecule has 0 amide bonds. The first kappa shape index (κ1) is 36.5. The SMILES string of the molecule is c1ccc(-n2c3cc4c(cc3c3c5ccccc5ccc32)c2ccccc2n4-c2cc(-c3nc(-c4ccc5ccccc5c4)nc(-c4ccc5ccccc5c4)n3)cc3ccccc23)cc1. The van der Waals surface area contributed by atoms with E-state index in [1.165, 1.54) is 48.6 Å². The zero-order chi connectivity index (χ0) is 43.3. The fourth-order valence-electron chi connectivity index (χ4n) is 10.4. The molecule has 0 bridgehead atoms. The Labute approximate surface area is 379 Å². The van der Waals surface area contributed by atoms with Crippen molar-refractivity contribution in [1.82, 2.24) is 24.1 Å². The van der Waals surface area contributed by atoms with E-state index in [9.17, 15) is 0 Å². The Morgan fingerprint density at radius 3 is 1.47 bits per heavy atom. The maximum Gasteiger partial charge on any atom is 0.164 e. The molecule has 0 spiro atoms. The predicted molar refractivity (Wildman–Crippen MR) is 275 cm³/mol. The molecule has 14 aromatic rings. The average molecular weight is 840 g/mol. The summed E-state index contributed by atoms with van der Waals surface area (Å²) in [5.74, 6) is 1.87. The molecule has 5 heteroatoms. The maximum atomic E-state index is 5.32. The number of fused-ring (bicyclic) bond motifs is 11. The molecule has 0 atom stereocenters. The second-order valence-corrected chi connectivity index (χ2v) is 17.2. The fraction of sp³-hybridized carbons (Fsp3) is 0. The summed E-state index contributed by atoms with van der Waals surface area (Å²) in [6, 6.07) is 80.6. The molecule has 0 aliphatic rings. The standard InChI is InChI=1S/C61H37N5/c1-2-20-47(21-3-1)65-54-31-30-40-16-8-11-23-49(40)58(54)52-36-51-50-24-12-13-25-53(50)66(56(51)37-57(52)65)55-35-46(34-43-19-9-10-22-48(43)55)61-63-59(44-28-26-38-14-4-6-17-41(38)32-44)62-60(64-61)45-29-27-39-15-5-7-18-42(39)33-45/h1-37H. The molecular weight excluding hydrogens is 803 g/mol. The fourth-order valence-corrected chi connectivity index (χ4v) is 10.4. The van der Waals surface area contributed by atoms with Crippen molar-refractivity contribution in [2.24, 2.45) is 0 Å². The van der Waals surface area contributed by atoms with Crippen LogP contribution in [-0.2, 0) is 0 Å². The van der Waals surface area contributed by atoms with Gasteiger partial charge in [-0.05, 0) is 98.4 Å². The molecule has 11 aromatic carbocycles. The maximum absolute atomic E-state index is 5.32. The highest BCUT2D eigenvalue weighted by Crippen LogP contribution is 2.43. The van der Waals surface area contributed by atoms with Crippen molar-refractivity contribution in [2.45, 2.75) is 0 Å². The van der Waals surface area contributed by atoms with E-state index in [1.807, 2.05) is 0 Å². The summed E-state index contributed by atoms with van der Waals surface area (Å²) >= 11 is 0. The van der Waals surface area contributed by atoms with Gasteiger partial charge in [0.15, 0.2) is 17.5 Å². The van der Waals surface area contributed by atoms with E-state index in [2.05, 4.69) is 234 Å². The van der Waals surface area contributed by atoms with Crippen LogP contribution in [0.2, 0.25) is 0 Å². The lowest BCUT2D eigenvalue weighted by Crippen LogP contribution is -2.02. The van der Waals surface area contributed by atoms with E-state index in [0.29, 0.717) is 17.5 Å². The van der Waals surface area contributed by atoms with Gasteiger partial charge in [0.05, 0.1) is 27.8 Å². The molecular formula is C61H37N5. The molecule has 306 valence electrons. The monoisotopic (exact) mass is 839 g/mol. The molecule has 0 saturated heterocycles. The van der Waals surface area contributed by atoms with Crippen LogP contribution in [0.1, 0.15) is 0 Å². The Kier molecular flexibility index (Phi) is 7.91. The first-order valence-corrected chi connectivity index (χ1v) is 22.4. The number of hydrogen-bond donors (Lipinski definition) is 0. The molecule has 5 nitrogen and oxygen atoms in total. The van der Waals surface area contributed by atoms with Crippen molar-refractivity contribution in [3.63, 3.8) is 0 Å². The highest BCUT2D eigenvalue weighted by atomic mass is 15.0. The van der Waals surface area contributed by atoms with E-state index < -0.39 is 0 Å². The minimum Gasteiger partial charge on any atom is -0.309 e. The van der Waals surface area contributed by atoms with Crippen LogP contribution < -0.4 is 0 Å². The van der Waals surface area contributed by atoms with Gasteiger partial charge in [0.2, 0.25) is 0 Å². The molecule has 0 N–H and O–H groups in total. The molecule has 0 aliphatic heterocycles. The van der Waals surface area contributed by atoms with Gasteiger partial charge >= 0.3 is 0 Å². The van der Waals surface area contributed by atoms with Gasteiger partial charge in [-0.1, -0.05) is 164 Å². The van der Waals surface area contributed by atoms with E-state index in [0.717, 1.165) is 66.2 Å². The number of benzene rings is 11. The molecule has 0 unspecified atom stereocenters. The van der Waals surface area contributed by atoms with Gasteiger partial charge in [-0.25, -0.2) is 15.0 Å². The third-order valence-corrected chi connectivity index (χ3v) is 13.5. The van der Waals surface area contributed by atoms with E-state index in [-0.39, 0.29) is 0 Å². The minimum atomic E-state index is 0.613. The number of nitrogens with zero attached hydrogens (tertiary/aromatic N) is 5. The topological polar surface area (TPSA) is 48.5 Å². The quantitative estimate of drug-likeness (QED) is 0.173. The average Bonchev–Trinajstić information content (AvgIpc) is 3.89. The molecule has 0 saturated carbocycles. The summed E-state index contributed by atoms with van der Waals surface area (Å²) in [5.41, 5.74) is 9.57. The summed E-state index contributed by atoms with van der Waals surface area (Å²) < 4.78 is 4.89. The number of para-hydroxylation sites is 2. The first-order valence-electron chi connectivity index (χ1n) is 22.4. The van der Waals surface area contributed by atoms with Crippen LogP contribution in [0.15, 0.2) is 224 Å². The third kappa shape index (κ3) is 5.63. The largest absolute Gasteiger partial charge is 0.309 e. The van der Waals surface area contributed by atoms with Crippen LogP contribution in [0, 0.1) is 0 Å². The molecule has 0 fully saturated rings. The van der Waals surface area contributed by atoms with Crippen LogP contribution in [0.4, 0.5) is 0 Å². The van der Waals surface area contributed by atoms with Crippen LogP contribution >= 0.6 is 0 Å². The van der Waals surface area contributed by atoms with E-state index in [1.54, 1.807) is 0 Å². The molecule has 0 radical (unpaired) electrons. The Morgan fingerprint density at radius 1 is 0.258 bits per heavy atom. The van der Waals surface area contributed by atoms with Crippen LogP contribution in [0.25, 0.3) is 132 Å². The van der Waals surface area contributed by atoms with Crippen LogP contribution in [0.5, 0.6) is 0 Å². The Bertz CT molecular complexity index is 4200. The zero-order valence-corrected chi connectivity index (χ0v) is 35.6. The Hall–Kier alpha value is -8.93. The summed E-state index contributed by atoms with van der Waals surface area (Å²) in [6.45, 7) is 0.